The Morgan fingerprint density at radius 2 is 1.79 bits per heavy atom. The van der Waals surface area contributed by atoms with Gasteiger partial charge in [0.05, 0.1) is 13.2 Å². The van der Waals surface area contributed by atoms with Crippen molar-refractivity contribution < 1.29 is 14.3 Å². The van der Waals surface area contributed by atoms with Gasteiger partial charge in [-0.1, -0.05) is 36.8 Å². The Morgan fingerprint density at radius 3 is 2.46 bits per heavy atom. The molecular formula is C23H30N2O3. The Morgan fingerprint density at radius 1 is 1.07 bits per heavy atom. The number of nitrogens with zero attached hydrogens (tertiary/aromatic N) is 1. The van der Waals surface area contributed by atoms with Gasteiger partial charge in [-0.2, -0.15) is 0 Å². The van der Waals surface area contributed by atoms with E-state index < -0.39 is 0 Å². The van der Waals surface area contributed by atoms with Crippen molar-refractivity contribution >= 4 is 5.91 Å². The molecule has 5 heteroatoms. The van der Waals surface area contributed by atoms with Crippen LogP contribution < -0.4 is 14.8 Å². The number of carbonyl (C=O) groups is 1. The molecule has 1 N–H and O–H groups in total. The first-order chi connectivity index (χ1) is 13.7. The molecular weight excluding hydrogens is 352 g/mol. The number of ether oxygens (including phenoxy) is 2. The number of methoxy groups -OCH3 is 1. The zero-order valence-corrected chi connectivity index (χ0v) is 16.8. The van der Waals surface area contributed by atoms with Gasteiger partial charge in [-0.25, -0.2) is 0 Å². The molecule has 0 aromatic heterocycles. The minimum Gasteiger partial charge on any atom is -0.497 e. The number of carbonyl (C=O) groups excluding carboxylic acids is 1. The third-order valence-corrected chi connectivity index (χ3v) is 5.28. The van der Waals surface area contributed by atoms with Crippen LogP contribution >= 0.6 is 0 Å². The summed E-state index contributed by atoms with van der Waals surface area (Å²) in [5.41, 5.74) is 2.22. The summed E-state index contributed by atoms with van der Waals surface area (Å²) in [6, 6.07) is 16.0. The molecule has 2 aromatic carbocycles. The topological polar surface area (TPSA) is 50.8 Å². The van der Waals surface area contributed by atoms with Crippen molar-refractivity contribution in [2.45, 2.75) is 32.2 Å². The molecule has 1 aliphatic heterocycles. The highest BCUT2D eigenvalue weighted by atomic mass is 16.5. The van der Waals surface area contributed by atoms with Crippen molar-refractivity contribution in [1.82, 2.24) is 10.2 Å². The van der Waals surface area contributed by atoms with E-state index in [0.717, 1.165) is 30.2 Å². The van der Waals surface area contributed by atoms with E-state index in [1.165, 1.54) is 24.8 Å². The number of amides is 1. The van der Waals surface area contributed by atoms with E-state index >= 15 is 0 Å². The summed E-state index contributed by atoms with van der Waals surface area (Å²) in [4.78, 5) is 14.8. The number of nitrogens with one attached hydrogen (secondary N) is 1. The molecule has 5 nitrogen and oxygen atoms in total. The molecule has 1 heterocycles. The molecule has 0 aliphatic carbocycles. The lowest BCUT2D eigenvalue weighted by Gasteiger charge is -2.35. The number of para-hydroxylation sites is 1. The summed E-state index contributed by atoms with van der Waals surface area (Å²) in [7, 11) is 1.67. The quantitative estimate of drug-likeness (QED) is 0.756. The van der Waals surface area contributed by atoms with Crippen LogP contribution in [-0.2, 0) is 4.79 Å². The van der Waals surface area contributed by atoms with E-state index in [1.807, 2.05) is 43.3 Å². The number of aryl methyl sites for hydroxylation is 1. The van der Waals surface area contributed by atoms with E-state index in [1.54, 1.807) is 7.11 Å². The summed E-state index contributed by atoms with van der Waals surface area (Å²) in [6.07, 6.45) is 3.69. The predicted molar refractivity (Wildman–Crippen MR) is 111 cm³/mol. The molecule has 150 valence electrons. The number of hydrogen-bond donors (Lipinski definition) is 1. The van der Waals surface area contributed by atoms with Crippen LogP contribution in [0, 0.1) is 6.92 Å². The molecule has 3 rings (SSSR count). The largest absolute Gasteiger partial charge is 0.497 e. The van der Waals surface area contributed by atoms with Gasteiger partial charge in [0.1, 0.15) is 11.5 Å². The molecule has 1 fully saturated rings. The third-order valence-electron chi connectivity index (χ3n) is 5.28. The molecule has 0 unspecified atom stereocenters. The van der Waals surface area contributed by atoms with Crippen LogP contribution in [0.2, 0.25) is 0 Å². The first kappa shape index (κ1) is 20.2. The average molecular weight is 383 g/mol. The van der Waals surface area contributed by atoms with Crippen LogP contribution in [0.1, 0.15) is 36.4 Å². The van der Waals surface area contributed by atoms with Gasteiger partial charge < -0.3 is 14.8 Å². The summed E-state index contributed by atoms with van der Waals surface area (Å²) < 4.78 is 10.9. The van der Waals surface area contributed by atoms with E-state index in [4.69, 9.17) is 9.47 Å². The Bertz CT molecular complexity index is 755. The van der Waals surface area contributed by atoms with Gasteiger partial charge >= 0.3 is 0 Å². The zero-order chi connectivity index (χ0) is 19.8. The van der Waals surface area contributed by atoms with Crippen molar-refractivity contribution in [1.29, 1.82) is 0 Å². The Labute approximate surface area is 167 Å². The van der Waals surface area contributed by atoms with Crippen molar-refractivity contribution in [2.24, 2.45) is 0 Å². The number of rotatable bonds is 8. The maximum Gasteiger partial charge on any atom is 0.258 e. The van der Waals surface area contributed by atoms with Gasteiger partial charge in [-0.05, 0) is 62.2 Å². The van der Waals surface area contributed by atoms with Crippen molar-refractivity contribution in [3.8, 4) is 11.5 Å². The molecule has 0 bridgehead atoms. The van der Waals surface area contributed by atoms with E-state index in [9.17, 15) is 4.79 Å². The molecule has 0 spiro atoms. The number of hydrogen-bond acceptors (Lipinski definition) is 4. The highest BCUT2D eigenvalue weighted by molar-refractivity contribution is 5.77. The maximum absolute atomic E-state index is 12.4. The smallest absolute Gasteiger partial charge is 0.258 e. The lowest BCUT2D eigenvalue weighted by atomic mass is 10.0. The Hall–Kier alpha value is -2.53. The van der Waals surface area contributed by atoms with E-state index in [-0.39, 0.29) is 18.6 Å². The van der Waals surface area contributed by atoms with Crippen LogP contribution in [0.4, 0.5) is 0 Å². The molecule has 28 heavy (non-hydrogen) atoms. The van der Waals surface area contributed by atoms with Gasteiger partial charge in [-0.3, -0.25) is 9.69 Å². The zero-order valence-electron chi connectivity index (χ0n) is 16.8. The Kier molecular flexibility index (Phi) is 7.31. The number of likely N-dealkylation sites (tertiary alicyclic amines) is 1. The van der Waals surface area contributed by atoms with Crippen molar-refractivity contribution in [2.75, 3.05) is 33.4 Å². The third kappa shape index (κ3) is 5.49. The molecule has 0 radical (unpaired) electrons. The van der Waals surface area contributed by atoms with E-state index in [2.05, 4.69) is 22.3 Å². The summed E-state index contributed by atoms with van der Waals surface area (Å²) in [5, 5.41) is 3.06. The first-order valence-corrected chi connectivity index (χ1v) is 10.0. The van der Waals surface area contributed by atoms with Crippen LogP contribution in [-0.4, -0.2) is 44.2 Å². The fraction of sp³-hybridized carbons (Fsp3) is 0.435. The van der Waals surface area contributed by atoms with Crippen LogP contribution in [0.3, 0.4) is 0 Å². The van der Waals surface area contributed by atoms with Crippen LogP contribution in [0.5, 0.6) is 11.5 Å². The number of benzene rings is 2. The lowest BCUT2D eigenvalue weighted by Crippen LogP contribution is -2.41. The summed E-state index contributed by atoms with van der Waals surface area (Å²) in [6.45, 7) is 4.70. The van der Waals surface area contributed by atoms with Gasteiger partial charge in [0.25, 0.3) is 5.91 Å². The maximum atomic E-state index is 12.4. The second kappa shape index (κ2) is 10.1. The Balaban J connectivity index is 1.60. The van der Waals surface area contributed by atoms with Crippen LogP contribution in [0.25, 0.3) is 0 Å². The SMILES string of the molecule is COc1ccc([C@H](CNC(=O)COc2ccccc2C)N2CCCCC2)cc1. The van der Waals surface area contributed by atoms with Gasteiger partial charge in [-0.15, -0.1) is 0 Å². The minimum atomic E-state index is -0.0984. The minimum absolute atomic E-state index is 0.0280. The highest BCUT2D eigenvalue weighted by Gasteiger charge is 2.23. The standard InChI is InChI=1S/C23H30N2O3/c1-18-8-4-5-9-22(18)28-17-23(26)24-16-21(25-14-6-3-7-15-25)19-10-12-20(27-2)13-11-19/h4-5,8-13,21H,3,6-7,14-17H2,1-2H3,(H,24,26)/t21-/m0/s1. The fourth-order valence-corrected chi connectivity index (χ4v) is 3.64. The monoisotopic (exact) mass is 382 g/mol. The second-order valence-corrected chi connectivity index (χ2v) is 7.24. The molecule has 1 amide bonds. The summed E-state index contributed by atoms with van der Waals surface area (Å²) in [5.74, 6) is 1.50. The molecule has 2 aromatic rings. The fourth-order valence-electron chi connectivity index (χ4n) is 3.64. The van der Waals surface area contributed by atoms with Gasteiger partial charge in [0, 0.05) is 6.54 Å². The number of piperidine rings is 1. The van der Waals surface area contributed by atoms with Crippen molar-refractivity contribution in [3.05, 3.63) is 59.7 Å². The molecule has 1 saturated heterocycles. The molecule has 1 atom stereocenters. The van der Waals surface area contributed by atoms with Crippen molar-refractivity contribution in [3.63, 3.8) is 0 Å². The lowest BCUT2D eigenvalue weighted by molar-refractivity contribution is -0.123. The molecule has 1 aliphatic rings. The first-order valence-electron chi connectivity index (χ1n) is 10.0. The second-order valence-electron chi connectivity index (χ2n) is 7.24. The summed E-state index contributed by atoms with van der Waals surface area (Å²) >= 11 is 0. The molecule has 0 saturated carbocycles. The van der Waals surface area contributed by atoms with E-state index in [0.29, 0.717) is 6.54 Å². The highest BCUT2D eigenvalue weighted by Crippen LogP contribution is 2.26. The normalized spacial score (nSPS) is 15.6. The van der Waals surface area contributed by atoms with Gasteiger partial charge in [0.15, 0.2) is 6.61 Å². The van der Waals surface area contributed by atoms with Gasteiger partial charge in [0.2, 0.25) is 0 Å². The predicted octanol–water partition coefficient (Wildman–Crippen LogP) is 3.73. The van der Waals surface area contributed by atoms with Crippen LogP contribution in [0.15, 0.2) is 48.5 Å². The average Bonchev–Trinajstić information content (AvgIpc) is 2.74.